The number of fused-ring (bicyclic) bond motifs is 1. The van der Waals surface area contributed by atoms with Crippen LogP contribution in [0.4, 0.5) is 5.13 Å². The third kappa shape index (κ3) is 4.52. The summed E-state index contributed by atoms with van der Waals surface area (Å²) in [7, 11) is 1.21. The number of hydrogen-bond donors (Lipinski definition) is 4. The van der Waals surface area contributed by atoms with Crippen molar-refractivity contribution in [1.29, 1.82) is 0 Å². The number of nitrogens with zero attached hydrogens (tertiary/aromatic N) is 3. The summed E-state index contributed by atoms with van der Waals surface area (Å²) in [6, 6.07) is -1.02. The predicted octanol–water partition coefficient (Wildman–Crippen LogP) is 0.0196. The minimum absolute atomic E-state index is 0.0460. The first-order valence-electron chi connectivity index (χ1n) is 8.35. The molecule has 1 fully saturated rings. The number of aliphatic carboxylic acids is 1. The molecular weight excluding hydrogens is 470 g/mol. The van der Waals surface area contributed by atoms with E-state index in [-0.39, 0.29) is 22.3 Å². The van der Waals surface area contributed by atoms with Crippen LogP contribution in [0.3, 0.4) is 0 Å². The van der Waals surface area contributed by atoms with E-state index >= 15 is 0 Å². The third-order valence-electron chi connectivity index (χ3n) is 4.12. The molecule has 0 aromatic carbocycles. The highest BCUT2D eigenvalue weighted by Crippen LogP contribution is 2.43. The number of nitrogens with two attached hydrogens (primary N) is 1. The van der Waals surface area contributed by atoms with Gasteiger partial charge in [0.2, 0.25) is 0 Å². The number of carbonyl (C=O) groups excluding carboxylic acids is 3. The number of oxime groups is 1. The van der Waals surface area contributed by atoms with Gasteiger partial charge >= 0.3 is 11.9 Å². The maximum absolute atomic E-state index is 12.6. The van der Waals surface area contributed by atoms with E-state index in [1.54, 1.807) is 0 Å². The molecule has 31 heavy (non-hydrogen) atoms. The lowest BCUT2D eigenvalue weighted by Crippen LogP contribution is -2.71. The molecule has 1 saturated heterocycles. The summed E-state index contributed by atoms with van der Waals surface area (Å²) < 4.78 is 4.47. The van der Waals surface area contributed by atoms with Crippen LogP contribution in [-0.2, 0) is 23.9 Å². The number of carboxylic acids is 1. The Morgan fingerprint density at radius 2 is 2.23 bits per heavy atom. The Balaban J connectivity index is 1.74. The second-order valence-corrected chi connectivity index (χ2v) is 8.90. The number of thioether (sulfide) groups is 2. The number of nitrogen functional groups attached to an aromatic ring is 1. The number of β-lactam (4-membered cyclic amide) rings is 1. The maximum atomic E-state index is 12.6. The monoisotopic (exact) mass is 485 g/mol. The molecule has 0 saturated carbocycles. The summed E-state index contributed by atoms with van der Waals surface area (Å²) in [5, 5.41) is 26.5. The van der Waals surface area contributed by atoms with Gasteiger partial charge in [-0.25, -0.2) is 14.6 Å². The largest absolute Gasteiger partial charge is 0.477 e. The van der Waals surface area contributed by atoms with E-state index in [1.165, 1.54) is 29.7 Å². The van der Waals surface area contributed by atoms with Gasteiger partial charge in [-0.2, -0.15) is 0 Å². The topological polar surface area (TPSA) is 185 Å². The Bertz CT molecular complexity index is 1030. The van der Waals surface area contributed by atoms with Crippen molar-refractivity contribution in [2.45, 2.75) is 11.4 Å². The van der Waals surface area contributed by atoms with Gasteiger partial charge in [0.05, 0.1) is 7.11 Å². The highest BCUT2D eigenvalue weighted by molar-refractivity contribution is 8.08. The standard InChI is InChI=1S/C16H15N5O7S3/c1-28-8(22)2-3-29-7-5-30-14-10(13(24)21(14)11(7)15(25)26)19-12(23)9(20-27)6-4-31-16(17)18-6/h2-4,10,14,27H,5H2,1H3,(H2,17,18)(H,19,23)(H,25,26)/b3-2-,20-9+/t10-,14-/m1/s1. The van der Waals surface area contributed by atoms with Gasteiger partial charge in [0, 0.05) is 22.1 Å². The number of anilines is 1. The lowest BCUT2D eigenvalue weighted by molar-refractivity contribution is -0.150. The molecular formula is C16H15N5O7S3. The van der Waals surface area contributed by atoms with E-state index < -0.39 is 40.9 Å². The van der Waals surface area contributed by atoms with E-state index in [0.29, 0.717) is 4.91 Å². The molecule has 2 amide bonds. The molecule has 0 bridgehead atoms. The van der Waals surface area contributed by atoms with Crippen LogP contribution >= 0.6 is 34.9 Å². The van der Waals surface area contributed by atoms with Crippen LogP contribution in [0.5, 0.6) is 0 Å². The summed E-state index contributed by atoms with van der Waals surface area (Å²) in [5.41, 5.74) is 4.92. The van der Waals surface area contributed by atoms with Gasteiger partial charge in [0.15, 0.2) is 10.8 Å². The second-order valence-electron chi connectivity index (χ2n) is 5.90. The molecule has 2 aliphatic heterocycles. The maximum Gasteiger partial charge on any atom is 0.353 e. The van der Waals surface area contributed by atoms with Crippen LogP contribution in [0.1, 0.15) is 5.69 Å². The van der Waals surface area contributed by atoms with Crippen LogP contribution < -0.4 is 11.1 Å². The predicted molar refractivity (Wildman–Crippen MR) is 113 cm³/mol. The van der Waals surface area contributed by atoms with Crippen LogP contribution in [0.2, 0.25) is 0 Å². The molecule has 0 spiro atoms. The molecule has 2 atom stereocenters. The Hall–Kier alpha value is -3.04. The Morgan fingerprint density at radius 3 is 2.81 bits per heavy atom. The minimum atomic E-state index is -1.31. The zero-order chi connectivity index (χ0) is 22.7. The number of carbonyl (C=O) groups is 4. The first-order chi connectivity index (χ1) is 14.8. The van der Waals surface area contributed by atoms with E-state index in [1.807, 2.05) is 0 Å². The number of thiazole rings is 1. The average Bonchev–Trinajstić information content (AvgIpc) is 3.17. The molecule has 2 aliphatic rings. The van der Waals surface area contributed by atoms with E-state index in [4.69, 9.17) is 5.73 Å². The number of rotatable bonds is 7. The van der Waals surface area contributed by atoms with Crippen LogP contribution in [0.25, 0.3) is 0 Å². The third-order valence-corrected chi connectivity index (χ3v) is 7.15. The first kappa shape index (κ1) is 22.6. The fourth-order valence-electron chi connectivity index (χ4n) is 2.74. The number of esters is 1. The Kier molecular flexibility index (Phi) is 6.87. The highest BCUT2D eigenvalue weighted by Gasteiger charge is 2.54. The number of methoxy groups -OCH3 is 1. The van der Waals surface area contributed by atoms with E-state index in [2.05, 4.69) is 20.2 Å². The van der Waals surface area contributed by atoms with Crippen molar-refractivity contribution in [3.8, 4) is 0 Å². The Labute approximate surface area is 187 Å². The summed E-state index contributed by atoms with van der Waals surface area (Å²) >= 11 is 3.27. The quantitative estimate of drug-likeness (QED) is 0.102. The summed E-state index contributed by atoms with van der Waals surface area (Å²) in [5.74, 6) is -3.16. The van der Waals surface area contributed by atoms with E-state index in [0.717, 1.165) is 34.1 Å². The molecule has 3 rings (SSSR count). The molecule has 1 aromatic rings. The SMILES string of the molecule is COC(=O)/C=C\SC1=C(C(=O)O)N2C(=O)[C@@H](NC(=O)/C(=N/O)c3csc(N)n3)[C@H]2SC1. The lowest BCUT2D eigenvalue weighted by Gasteiger charge is -2.49. The van der Waals surface area contributed by atoms with Gasteiger partial charge in [0.1, 0.15) is 22.8 Å². The van der Waals surface area contributed by atoms with Crippen molar-refractivity contribution in [2.24, 2.45) is 5.16 Å². The zero-order valence-corrected chi connectivity index (χ0v) is 18.1. The molecule has 5 N–H and O–H groups in total. The first-order valence-corrected chi connectivity index (χ1v) is 11.2. The number of hydrogen-bond acceptors (Lipinski definition) is 12. The molecule has 0 unspecified atom stereocenters. The molecule has 0 radical (unpaired) electrons. The summed E-state index contributed by atoms with van der Waals surface area (Å²) in [6.07, 6.45) is 1.13. The number of amides is 2. The number of nitrogens with one attached hydrogen (secondary N) is 1. The molecule has 1 aromatic heterocycles. The highest BCUT2D eigenvalue weighted by atomic mass is 32.2. The van der Waals surface area contributed by atoms with Crippen molar-refractivity contribution < 1.29 is 34.2 Å². The number of ether oxygens (including phenoxy) is 1. The molecule has 12 nitrogen and oxygen atoms in total. The number of aromatic nitrogens is 1. The van der Waals surface area contributed by atoms with Crippen LogP contribution in [-0.4, -0.2) is 73.9 Å². The zero-order valence-electron chi connectivity index (χ0n) is 15.7. The molecule has 0 aliphatic carbocycles. The Morgan fingerprint density at radius 1 is 1.48 bits per heavy atom. The van der Waals surface area contributed by atoms with Gasteiger partial charge in [-0.3, -0.25) is 14.5 Å². The van der Waals surface area contributed by atoms with Crippen molar-refractivity contribution in [3.63, 3.8) is 0 Å². The van der Waals surface area contributed by atoms with Crippen molar-refractivity contribution in [1.82, 2.24) is 15.2 Å². The lowest BCUT2D eigenvalue weighted by atomic mass is 10.0. The fraction of sp³-hybridized carbons (Fsp3) is 0.250. The second kappa shape index (κ2) is 9.40. The summed E-state index contributed by atoms with van der Waals surface area (Å²) in [6.45, 7) is 0. The van der Waals surface area contributed by atoms with Gasteiger partial charge < -0.3 is 26.1 Å². The van der Waals surface area contributed by atoms with Gasteiger partial charge in [-0.1, -0.05) is 16.9 Å². The van der Waals surface area contributed by atoms with Crippen LogP contribution in [0.15, 0.2) is 32.6 Å². The summed E-state index contributed by atoms with van der Waals surface area (Å²) in [4.78, 5) is 53.4. The van der Waals surface area contributed by atoms with Crippen molar-refractivity contribution in [2.75, 3.05) is 18.6 Å². The van der Waals surface area contributed by atoms with E-state index in [9.17, 15) is 29.5 Å². The smallest absolute Gasteiger partial charge is 0.353 e. The molecule has 15 heteroatoms. The van der Waals surface area contributed by atoms with Gasteiger partial charge in [-0.05, 0) is 5.41 Å². The van der Waals surface area contributed by atoms with Gasteiger partial charge in [-0.15, -0.1) is 23.1 Å². The molecule has 164 valence electrons. The molecule has 3 heterocycles. The van der Waals surface area contributed by atoms with Crippen molar-refractivity contribution >= 4 is 69.5 Å². The van der Waals surface area contributed by atoms with Crippen LogP contribution in [0, 0.1) is 0 Å². The minimum Gasteiger partial charge on any atom is -0.477 e. The fourth-order valence-corrected chi connectivity index (χ4v) is 5.60. The average molecular weight is 486 g/mol. The van der Waals surface area contributed by atoms with Crippen molar-refractivity contribution in [3.05, 3.63) is 33.2 Å². The van der Waals surface area contributed by atoms with Gasteiger partial charge in [0.25, 0.3) is 11.8 Å². The number of carboxylic acid groups (broad SMARTS) is 1. The normalized spacial score (nSPS) is 21.0.